The number of nitrogens with two attached hydrogens (primary N) is 1. The van der Waals surface area contributed by atoms with Gasteiger partial charge in [-0.2, -0.15) is 0 Å². The van der Waals surface area contributed by atoms with Gasteiger partial charge in [0.15, 0.2) is 0 Å². The molecule has 1 aromatic carbocycles. The Balaban J connectivity index is 1.95. The third-order valence-corrected chi connectivity index (χ3v) is 3.59. The molecular weight excluding hydrogens is 238 g/mol. The Kier molecular flexibility index (Phi) is 4.43. The van der Waals surface area contributed by atoms with E-state index < -0.39 is 0 Å². The van der Waals surface area contributed by atoms with Crippen LogP contribution in [0.25, 0.3) is 0 Å². The molecule has 0 fully saturated rings. The highest BCUT2D eigenvalue weighted by Crippen LogP contribution is 2.26. The van der Waals surface area contributed by atoms with Gasteiger partial charge in [0.25, 0.3) is 0 Å². The van der Waals surface area contributed by atoms with Gasteiger partial charge in [0.1, 0.15) is 0 Å². The molecule has 0 saturated heterocycles. The van der Waals surface area contributed by atoms with E-state index in [1.165, 1.54) is 11.3 Å². The second kappa shape index (κ2) is 6.06. The summed E-state index contributed by atoms with van der Waals surface area (Å²) < 4.78 is 0. The van der Waals surface area contributed by atoms with Crippen LogP contribution in [0.3, 0.4) is 0 Å². The minimum absolute atomic E-state index is 0.189. The predicted molar refractivity (Wildman–Crippen MR) is 78.3 cm³/mol. The number of amides is 1. The van der Waals surface area contributed by atoms with Crippen LogP contribution < -0.4 is 10.6 Å². The van der Waals surface area contributed by atoms with Crippen LogP contribution in [0.15, 0.2) is 24.3 Å². The van der Waals surface area contributed by atoms with Crippen LogP contribution in [0.2, 0.25) is 0 Å². The molecule has 1 aliphatic heterocycles. The molecule has 0 radical (unpaired) electrons. The third kappa shape index (κ3) is 3.47. The lowest BCUT2D eigenvalue weighted by Crippen LogP contribution is -2.43. The molecule has 1 atom stereocenters. The topological polar surface area (TPSA) is 49.6 Å². The highest BCUT2D eigenvalue weighted by molar-refractivity contribution is 5.75. The van der Waals surface area contributed by atoms with E-state index in [1.807, 2.05) is 0 Å². The summed E-state index contributed by atoms with van der Waals surface area (Å²) in [4.78, 5) is 15.5. The number of para-hydroxylation sites is 1. The number of rotatable bonds is 4. The number of hydrogen-bond acceptors (Lipinski definition) is 3. The molecule has 0 saturated carbocycles. The van der Waals surface area contributed by atoms with Crippen molar-refractivity contribution in [1.82, 2.24) is 4.90 Å². The fraction of sp³-hybridized carbons (Fsp3) is 0.533. The Bertz CT molecular complexity index is 445. The van der Waals surface area contributed by atoms with E-state index in [4.69, 9.17) is 5.73 Å². The number of anilines is 1. The molecule has 0 bridgehead atoms. The third-order valence-electron chi connectivity index (χ3n) is 3.59. The van der Waals surface area contributed by atoms with Gasteiger partial charge < -0.3 is 15.5 Å². The lowest BCUT2D eigenvalue weighted by atomic mass is 9.98. The van der Waals surface area contributed by atoms with Gasteiger partial charge in [-0.15, -0.1) is 0 Å². The van der Waals surface area contributed by atoms with Crippen LogP contribution in [0.5, 0.6) is 0 Å². The zero-order valence-corrected chi connectivity index (χ0v) is 11.8. The van der Waals surface area contributed by atoms with Crippen molar-refractivity contribution in [2.45, 2.75) is 25.3 Å². The van der Waals surface area contributed by atoms with Crippen molar-refractivity contribution < 1.29 is 4.79 Å². The Morgan fingerprint density at radius 3 is 2.89 bits per heavy atom. The van der Waals surface area contributed by atoms with Gasteiger partial charge in [-0.1, -0.05) is 18.2 Å². The monoisotopic (exact) mass is 261 g/mol. The molecule has 104 valence electrons. The van der Waals surface area contributed by atoms with Gasteiger partial charge in [-0.25, -0.2) is 0 Å². The number of fused-ring (bicyclic) bond motifs is 1. The molecule has 0 aromatic heterocycles. The van der Waals surface area contributed by atoms with Crippen molar-refractivity contribution in [2.24, 2.45) is 5.73 Å². The van der Waals surface area contributed by atoms with E-state index in [0.29, 0.717) is 6.42 Å². The van der Waals surface area contributed by atoms with Crippen LogP contribution in [-0.2, 0) is 11.2 Å². The molecule has 2 rings (SSSR count). The Hall–Kier alpha value is -1.55. The van der Waals surface area contributed by atoms with Crippen molar-refractivity contribution in [2.75, 3.05) is 32.1 Å². The molecule has 1 aliphatic rings. The van der Waals surface area contributed by atoms with Gasteiger partial charge >= 0.3 is 0 Å². The molecule has 2 N–H and O–H groups in total. The van der Waals surface area contributed by atoms with Crippen LogP contribution in [0.1, 0.15) is 18.4 Å². The maximum Gasteiger partial charge on any atom is 0.222 e. The van der Waals surface area contributed by atoms with Crippen LogP contribution >= 0.6 is 0 Å². The highest BCUT2D eigenvalue weighted by atomic mass is 16.2. The number of benzene rings is 1. The summed E-state index contributed by atoms with van der Waals surface area (Å²) in [6.07, 6.45) is 2.42. The van der Waals surface area contributed by atoms with Crippen LogP contribution in [-0.4, -0.2) is 44.0 Å². The quantitative estimate of drug-likeness (QED) is 0.887. The molecule has 1 aromatic rings. The van der Waals surface area contributed by atoms with E-state index in [-0.39, 0.29) is 11.9 Å². The van der Waals surface area contributed by atoms with Crippen LogP contribution in [0.4, 0.5) is 5.69 Å². The van der Waals surface area contributed by atoms with Gasteiger partial charge in [0.2, 0.25) is 5.91 Å². The summed E-state index contributed by atoms with van der Waals surface area (Å²) in [6, 6.07) is 8.61. The second-order valence-corrected chi connectivity index (χ2v) is 5.43. The molecule has 1 amide bonds. The number of carbonyl (C=O) groups excluding carboxylic acids is 1. The van der Waals surface area contributed by atoms with Crippen molar-refractivity contribution in [3.05, 3.63) is 29.8 Å². The van der Waals surface area contributed by atoms with E-state index in [9.17, 15) is 4.79 Å². The number of nitrogens with zero attached hydrogens (tertiary/aromatic N) is 2. The first-order valence-electron chi connectivity index (χ1n) is 6.86. The molecule has 0 aliphatic carbocycles. The maximum atomic E-state index is 11.6. The van der Waals surface area contributed by atoms with Gasteiger partial charge in [-0.3, -0.25) is 4.79 Å². The molecule has 4 heteroatoms. The minimum atomic E-state index is 0.189. The Morgan fingerprint density at radius 1 is 1.42 bits per heavy atom. The predicted octanol–water partition coefficient (Wildman–Crippen LogP) is 1.24. The average molecular weight is 261 g/mol. The lowest BCUT2D eigenvalue weighted by Gasteiger charge is -2.34. The molecule has 19 heavy (non-hydrogen) atoms. The van der Waals surface area contributed by atoms with E-state index in [2.05, 4.69) is 29.2 Å². The largest absolute Gasteiger partial charge is 0.370 e. The van der Waals surface area contributed by atoms with E-state index in [0.717, 1.165) is 25.9 Å². The fourth-order valence-corrected chi connectivity index (χ4v) is 2.58. The van der Waals surface area contributed by atoms with Gasteiger partial charge in [-0.05, 0) is 24.5 Å². The van der Waals surface area contributed by atoms with Crippen LogP contribution in [0, 0.1) is 0 Å². The fourth-order valence-electron chi connectivity index (χ4n) is 2.58. The standard InChI is InChI=1S/C15H23N3O/c1-17(2)15(19)8-5-9-18-11-13(16)10-12-6-3-4-7-14(12)18/h3-4,6-7,13H,5,8-11,16H2,1-2H3. The molecule has 0 spiro atoms. The summed E-state index contributed by atoms with van der Waals surface area (Å²) >= 11 is 0. The van der Waals surface area contributed by atoms with E-state index >= 15 is 0 Å². The first-order chi connectivity index (χ1) is 9.08. The summed E-state index contributed by atoms with van der Waals surface area (Å²) in [5.74, 6) is 0.189. The van der Waals surface area contributed by atoms with Gasteiger partial charge in [0, 0.05) is 45.3 Å². The molecular formula is C15H23N3O. The van der Waals surface area contributed by atoms with E-state index in [1.54, 1.807) is 19.0 Å². The zero-order chi connectivity index (χ0) is 13.8. The zero-order valence-electron chi connectivity index (χ0n) is 11.8. The molecule has 1 unspecified atom stereocenters. The number of carbonyl (C=O) groups is 1. The normalized spacial score (nSPS) is 18.1. The minimum Gasteiger partial charge on any atom is -0.370 e. The number of hydrogen-bond donors (Lipinski definition) is 1. The summed E-state index contributed by atoms with van der Waals surface area (Å²) in [5.41, 5.74) is 8.70. The summed E-state index contributed by atoms with van der Waals surface area (Å²) in [6.45, 7) is 1.78. The first-order valence-corrected chi connectivity index (χ1v) is 6.86. The van der Waals surface area contributed by atoms with Crippen molar-refractivity contribution in [1.29, 1.82) is 0 Å². The van der Waals surface area contributed by atoms with Crippen molar-refractivity contribution in [3.63, 3.8) is 0 Å². The second-order valence-electron chi connectivity index (χ2n) is 5.43. The van der Waals surface area contributed by atoms with Crippen molar-refractivity contribution in [3.8, 4) is 0 Å². The summed E-state index contributed by atoms with van der Waals surface area (Å²) in [7, 11) is 3.60. The lowest BCUT2D eigenvalue weighted by molar-refractivity contribution is -0.128. The maximum absolute atomic E-state index is 11.6. The van der Waals surface area contributed by atoms with Crippen molar-refractivity contribution >= 4 is 11.6 Å². The smallest absolute Gasteiger partial charge is 0.222 e. The SMILES string of the molecule is CN(C)C(=O)CCCN1CC(N)Cc2ccccc21. The average Bonchev–Trinajstić information content (AvgIpc) is 2.38. The first kappa shape index (κ1) is 13.9. The molecule has 4 nitrogen and oxygen atoms in total. The molecule has 1 heterocycles. The van der Waals surface area contributed by atoms with Gasteiger partial charge in [0.05, 0.1) is 0 Å². The summed E-state index contributed by atoms with van der Waals surface area (Å²) in [5, 5.41) is 0. The highest BCUT2D eigenvalue weighted by Gasteiger charge is 2.21. The Morgan fingerprint density at radius 2 is 2.16 bits per heavy atom. The Labute approximate surface area is 115 Å².